The molecular formula is C15H19NO2. The Labute approximate surface area is 108 Å². The molecule has 0 bridgehead atoms. The summed E-state index contributed by atoms with van der Waals surface area (Å²) < 4.78 is 0. The first kappa shape index (κ1) is 12.8. The third-order valence-corrected chi connectivity index (χ3v) is 3.51. The van der Waals surface area contributed by atoms with E-state index in [4.69, 9.17) is 0 Å². The number of carbonyl (C=O) groups is 2. The molecule has 0 atom stereocenters. The number of aldehydes is 1. The van der Waals surface area contributed by atoms with Gasteiger partial charge in [-0.15, -0.1) is 0 Å². The first-order chi connectivity index (χ1) is 8.78. The van der Waals surface area contributed by atoms with Crippen LogP contribution in [0.5, 0.6) is 0 Å². The van der Waals surface area contributed by atoms with Crippen molar-refractivity contribution in [3.63, 3.8) is 0 Å². The van der Waals surface area contributed by atoms with Crippen molar-refractivity contribution in [1.29, 1.82) is 0 Å². The van der Waals surface area contributed by atoms with E-state index in [2.05, 4.69) is 5.32 Å². The van der Waals surface area contributed by atoms with Gasteiger partial charge in [0.15, 0.2) is 0 Å². The smallest absolute Gasteiger partial charge is 0.224 e. The van der Waals surface area contributed by atoms with Gasteiger partial charge in [-0.1, -0.05) is 31.4 Å². The number of carbonyl (C=O) groups excluding carboxylic acids is 2. The van der Waals surface area contributed by atoms with E-state index in [1.54, 1.807) is 18.2 Å². The Bertz CT molecular complexity index is 422. The Morgan fingerprint density at radius 3 is 2.78 bits per heavy atom. The van der Waals surface area contributed by atoms with E-state index in [0.717, 1.165) is 6.29 Å². The fourth-order valence-corrected chi connectivity index (χ4v) is 2.56. The Kier molecular flexibility index (Phi) is 4.51. The van der Waals surface area contributed by atoms with Crippen LogP contribution in [0.3, 0.4) is 0 Å². The van der Waals surface area contributed by atoms with E-state index in [1.807, 2.05) is 6.07 Å². The third-order valence-electron chi connectivity index (χ3n) is 3.51. The fraction of sp³-hybridized carbons (Fsp3) is 0.467. The number of hydrogen-bond donors (Lipinski definition) is 1. The molecule has 0 saturated heterocycles. The first-order valence-corrected chi connectivity index (χ1v) is 6.63. The number of hydrogen-bond acceptors (Lipinski definition) is 2. The molecule has 3 nitrogen and oxygen atoms in total. The summed E-state index contributed by atoms with van der Waals surface area (Å²) in [6.45, 7) is 0. The highest BCUT2D eigenvalue weighted by Crippen LogP contribution is 2.26. The standard InChI is InChI=1S/C15H19NO2/c17-11-13-7-4-8-14(9-13)16-15(18)10-12-5-2-1-3-6-12/h4,7-9,11-12H,1-3,5-6,10H2,(H,16,18). The van der Waals surface area contributed by atoms with Crippen molar-refractivity contribution in [3.8, 4) is 0 Å². The highest BCUT2D eigenvalue weighted by atomic mass is 16.1. The van der Waals surface area contributed by atoms with Crippen LogP contribution in [-0.4, -0.2) is 12.2 Å². The molecule has 2 rings (SSSR count). The largest absolute Gasteiger partial charge is 0.326 e. The van der Waals surface area contributed by atoms with Crippen molar-refractivity contribution >= 4 is 17.9 Å². The predicted octanol–water partition coefficient (Wildman–Crippen LogP) is 3.41. The van der Waals surface area contributed by atoms with Crippen molar-refractivity contribution in [1.82, 2.24) is 0 Å². The number of amides is 1. The molecule has 0 spiro atoms. The minimum absolute atomic E-state index is 0.0601. The zero-order valence-electron chi connectivity index (χ0n) is 10.5. The van der Waals surface area contributed by atoms with Crippen molar-refractivity contribution in [2.24, 2.45) is 5.92 Å². The second-order valence-corrected chi connectivity index (χ2v) is 5.00. The van der Waals surface area contributed by atoms with Crippen molar-refractivity contribution in [2.75, 3.05) is 5.32 Å². The van der Waals surface area contributed by atoms with Crippen LogP contribution in [0.2, 0.25) is 0 Å². The van der Waals surface area contributed by atoms with Gasteiger partial charge < -0.3 is 5.32 Å². The summed E-state index contributed by atoms with van der Waals surface area (Å²) in [6.07, 6.45) is 7.53. The number of nitrogens with one attached hydrogen (secondary N) is 1. The summed E-state index contributed by atoms with van der Waals surface area (Å²) in [5, 5.41) is 2.87. The van der Waals surface area contributed by atoms with Crippen LogP contribution < -0.4 is 5.32 Å². The SMILES string of the molecule is O=Cc1cccc(NC(=O)CC2CCCCC2)c1. The average Bonchev–Trinajstić information content (AvgIpc) is 2.40. The molecule has 1 N–H and O–H groups in total. The third kappa shape index (κ3) is 3.69. The van der Waals surface area contributed by atoms with Crippen LogP contribution in [0.4, 0.5) is 5.69 Å². The lowest BCUT2D eigenvalue weighted by Gasteiger charge is -2.20. The van der Waals surface area contributed by atoms with Crippen molar-refractivity contribution in [3.05, 3.63) is 29.8 Å². The lowest BCUT2D eigenvalue weighted by Crippen LogP contribution is -2.18. The fourth-order valence-electron chi connectivity index (χ4n) is 2.56. The molecule has 1 aromatic carbocycles. The molecule has 18 heavy (non-hydrogen) atoms. The van der Waals surface area contributed by atoms with Gasteiger partial charge in [-0.3, -0.25) is 9.59 Å². The predicted molar refractivity (Wildman–Crippen MR) is 71.7 cm³/mol. The van der Waals surface area contributed by atoms with Gasteiger partial charge in [0.1, 0.15) is 6.29 Å². The molecule has 1 amide bonds. The van der Waals surface area contributed by atoms with Gasteiger partial charge in [0.25, 0.3) is 0 Å². The Hall–Kier alpha value is -1.64. The van der Waals surface area contributed by atoms with Gasteiger partial charge in [-0.2, -0.15) is 0 Å². The zero-order chi connectivity index (χ0) is 12.8. The van der Waals surface area contributed by atoms with Gasteiger partial charge in [0.2, 0.25) is 5.91 Å². The summed E-state index contributed by atoms with van der Waals surface area (Å²) in [5.74, 6) is 0.595. The maximum Gasteiger partial charge on any atom is 0.224 e. The van der Waals surface area contributed by atoms with Crippen LogP contribution in [0.15, 0.2) is 24.3 Å². The lowest BCUT2D eigenvalue weighted by atomic mass is 9.87. The zero-order valence-corrected chi connectivity index (χ0v) is 10.5. The van der Waals surface area contributed by atoms with E-state index in [9.17, 15) is 9.59 Å². The molecule has 96 valence electrons. The second-order valence-electron chi connectivity index (χ2n) is 5.00. The van der Waals surface area contributed by atoms with Crippen LogP contribution in [0.25, 0.3) is 0 Å². The van der Waals surface area contributed by atoms with Gasteiger partial charge in [-0.05, 0) is 30.9 Å². The van der Waals surface area contributed by atoms with Crippen LogP contribution in [0.1, 0.15) is 48.9 Å². The summed E-state index contributed by atoms with van der Waals surface area (Å²) in [7, 11) is 0. The van der Waals surface area contributed by atoms with E-state index in [-0.39, 0.29) is 5.91 Å². The summed E-state index contributed by atoms with van der Waals surface area (Å²) in [6, 6.07) is 7.02. The number of rotatable bonds is 4. The molecule has 0 aliphatic heterocycles. The molecule has 1 aliphatic carbocycles. The van der Waals surface area contributed by atoms with Crippen molar-refractivity contribution in [2.45, 2.75) is 38.5 Å². The normalized spacial score (nSPS) is 16.2. The molecule has 0 heterocycles. The van der Waals surface area contributed by atoms with E-state index >= 15 is 0 Å². The molecular weight excluding hydrogens is 226 g/mol. The van der Waals surface area contributed by atoms with Gasteiger partial charge in [0.05, 0.1) is 0 Å². The lowest BCUT2D eigenvalue weighted by molar-refractivity contribution is -0.117. The molecule has 3 heteroatoms. The molecule has 1 aliphatic rings. The second kappa shape index (κ2) is 6.34. The van der Waals surface area contributed by atoms with Gasteiger partial charge >= 0.3 is 0 Å². The molecule has 1 aromatic rings. The van der Waals surface area contributed by atoms with Crippen LogP contribution in [-0.2, 0) is 4.79 Å². The minimum Gasteiger partial charge on any atom is -0.326 e. The summed E-state index contributed by atoms with van der Waals surface area (Å²) >= 11 is 0. The highest BCUT2D eigenvalue weighted by molar-refractivity contribution is 5.91. The topological polar surface area (TPSA) is 46.2 Å². The Balaban J connectivity index is 1.87. The van der Waals surface area contributed by atoms with Crippen LogP contribution >= 0.6 is 0 Å². The van der Waals surface area contributed by atoms with E-state index in [0.29, 0.717) is 23.6 Å². The Morgan fingerprint density at radius 1 is 1.28 bits per heavy atom. The Morgan fingerprint density at radius 2 is 2.06 bits per heavy atom. The molecule has 0 aromatic heterocycles. The van der Waals surface area contributed by atoms with Crippen molar-refractivity contribution < 1.29 is 9.59 Å². The maximum atomic E-state index is 11.9. The van der Waals surface area contributed by atoms with E-state index in [1.165, 1.54) is 32.1 Å². The molecule has 0 radical (unpaired) electrons. The van der Waals surface area contributed by atoms with E-state index < -0.39 is 0 Å². The quantitative estimate of drug-likeness (QED) is 0.826. The van der Waals surface area contributed by atoms with Gasteiger partial charge in [-0.25, -0.2) is 0 Å². The average molecular weight is 245 g/mol. The van der Waals surface area contributed by atoms with Crippen LogP contribution in [0, 0.1) is 5.92 Å². The summed E-state index contributed by atoms with van der Waals surface area (Å²) in [4.78, 5) is 22.5. The molecule has 1 fully saturated rings. The summed E-state index contributed by atoms with van der Waals surface area (Å²) in [5.41, 5.74) is 1.30. The monoisotopic (exact) mass is 245 g/mol. The number of anilines is 1. The molecule has 0 unspecified atom stereocenters. The number of benzene rings is 1. The molecule has 1 saturated carbocycles. The van der Waals surface area contributed by atoms with Gasteiger partial charge in [0, 0.05) is 17.7 Å². The first-order valence-electron chi connectivity index (χ1n) is 6.63. The maximum absolute atomic E-state index is 11.9. The highest BCUT2D eigenvalue weighted by Gasteiger charge is 2.16. The minimum atomic E-state index is 0.0601.